The highest BCUT2D eigenvalue weighted by atomic mass is 15.2. The van der Waals surface area contributed by atoms with Crippen LogP contribution in [0.1, 0.15) is 77.6 Å². The van der Waals surface area contributed by atoms with Gasteiger partial charge in [-0.3, -0.25) is 0 Å². The normalized spacial score (nSPS) is 14.1. The average Bonchev–Trinajstić information content (AvgIpc) is 3.63. The summed E-state index contributed by atoms with van der Waals surface area (Å²) in [5.74, 6) is 0. The predicted molar refractivity (Wildman–Crippen MR) is 309 cm³/mol. The molecule has 0 saturated carbocycles. The molecular formula is C69H59BN2. The predicted octanol–water partition coefficient (Wildman–Crippen LogP) is 16.8. The summed E-state index contributed by atoms with van der Waals surface area (Å²) >= 11 is 0. The van der Waals surface area contributed by atoms with Crippen molar-refractivity contribution in [2.24, 2.45) is 0 Å². The number of nitrogens with zero attached hydrogens (tertiary/aromatic N) is 2. The van der Waals surface area contributed by atoms with Crippen LogP contribution in [0.15, 0.2) is 212 Å². The molecule has 10 aromatic carbocycles. The molecule has 0 radical (unpaired) electrons. The Morgan fingerprint density at radius 1 is 0.361 bits per heavy atom. The summed E-state index contributed by atoms with van der Waals surface area (Å²) in [6.45, 7) is 18.9. The van der Waals surface area contributed by atoms with Gasteiger partial charge in [0.05, 0.1) is 5.69 Å². The summed E-state index contributed by atoms with van der Waals surface area (Å²) in [5.41, 5.74) is 26.4. The first-order valence-corrected chi connectivity index (χ1v) is 25.8. The first-order chi connectivity index (χ1) is 34.8. The summed E-state index contributed by atoms with van der Waals surface area (Å²) in [5, 5.41) is 2.46. The van der Waals surface area contributed by atoms with Gasteiger partial charge >= 0.3 is 0 Å². The van der Waals surface area contributed by atoms with Gasteiger partial charge in [-0.2, -0.15) is 0 Å². The van der Waals surface area contributed by atoms with Gasteiger partial charge in [0, 0.05) is 39.2 Å². The first kappa shape index (κ1) is 44.1. The maximum atomic E-state index is 2.61. The Kier molecular flexibility index (Phi) is 9.84. The topological polar surface area (TPSA) is 6.48 Å². The molecular weight excluding hydrogens is 868 g/mol. The molecule has 2 nitrogen and oxygen atoms in total. The van der Waals surface area contributed by atoms with Gasteiger partial charge in [-0.15, -0.1) is 0 Å². The van der Waals surface area contributed by atoms with Gasteiger partial charge in [-0.1, -0.05) is 225 Å². The minimum absolute atomic E-state index is 0.0240. The summed E-state index contributed by atoms with van der Waals surface area (Å²) < 4.78 is 0. The molecule has 2 heterocycles. The van der Waals surface area contributed by atoms with Gasteiger partial charge < -0.3 is 9.80 Å². The zero-order chi connectivity index (χ0) is 49.3. The van der Waals surface area contributed by atoms with Crippen LogP contribution >= 0.6 is 0 Å². The molecule has 0 bridgehead atoms. The van der Waals surface area contributed by atoms with E-state index in [1.165, 1.54) is 122 Å². The minimum atomic E-state index is -0.148. The number of benzene rings is 10. The second kappa shape index (κ2) is 16.1. The number of hydrogen-bond donors (Lipinski definition) is 0. The molecule has 0 spiro atoms. The molecule has 0 unspecified atom stereocenters. The summed E-state index contributed by atoms with van der Waals surface area (Å²) in [6.07, 6.45) is 0. The van der Waals surface area contributed by atoms with Crippen molar-refractivity contribution in [2.45, 2.75) is 71.6 Å². The van der Waals surface area contributed by atoms with Crippen LogP contribution in [-0.2, 0) is 16.2 Å². The molecule has 72 heavy (non-hydrogen) atoms. The van der Waals surface area contributed by atoms with Gasteiger partial charge in [-0.25, -0.2) is 0 Å². The van der Waals surface area contributed by atoms with Crippen LogP contribution in [0, 0.1) is 0 Å². The smallest absolute Gasteiger partial charge is 0.252 e. The molecule has 2 aliphatic heterocycles. The van der Waals surface area contributed by atoms with E-state index in [-0.39, 0.29) is 23.0 Å². The highest BCUT2D eigenvalue weighted by molar-refractivity contribution is 7.00. The van der Waals surface area contributed by atoms with E-state index in [1.54, 1.807) is 0 Å². The number of hydrogen-bond acceptors (Lipinski definition) is 2. The standard InChI is InChI=1S/C69H59BN2/c1-67(2,3)48-33-37-58-62(41-48)71(50-34-30-46(31-35-50)52-27-19-28-56-54-25-17-18-29-57(54)69(7,8)65(52)56)63-42-49(68(4,5)6)43-64-66(63)70(58)59-40-47(44-20-11-9-12-21-44)32-38-61(59)72(64)60-39-36-51(45-22-13-10-14-23-45)53-24-15-16-26-55(53)60/h9-43H,1-8H3. The fourth-order valence-electron chi connectivity index (χ4n) is 12.5. The van der Waals surface area contributed by atoms with Crippen molar-refractivity contribution in [3.63, 3.8) is 0 Å². The molecule has 0 atom stereocenters. The van der Waals surface area contributed by atoms with E-state index in [9.17, 15) is 0 Å². The minimum Gasteiger partial charge on any atom is -0.311 e. The summed E-state index contributed by atoms with van der Waals surface area (Å²) in [7, 11) is 0. The van der Waals surface area contributed by atoms with Crippen LogP contribution in [0.3, 0.4) is 0 Å². The first-order valence-electron chi connectivity index (χ1n) is 25.8. The second-order valence-corrected chi connectivity index (χ2v) is 22.9. The van der Waals surface area contributed by atoms with Crippen molar-refractivity contribution in [1.82, 2.24) is 0 Å². The van der Waals surface area contributed by atoms with Gasteiger partial charge in [0.2, 0.25) is 0 Å². The van der Waals surface area contributed by atoms with Crippen molar-refractivity contribution in [3.8, 4) is 44.5 Å². The molecule has 13 rings (SSSR count). The van der Waals surface area contributed by atoms with E-state index in [1.807, 2.05) is 0 Å². The van der Waals surface area contributed by atoms with Crippen molar-refractivity contribution >= 4 is 68.0 Å². The molecule has 10 aromatic rings. The van der Waals surface area contributed by atoms with E-state index in [4.69, 9.17) is 0 Å². The Labute approximate surface area is 426 Å². The quantitative estimate of drug-likeness (QED) is 0.159. The third-order valence-electron chi connectivity index (χ3n) is 16.2. The van der Waals surface area contributed by atoms with Crippen LogP contribution in [0.5, 0.6) is 0 Å². The average molecular weight is 927 g/mol. The van der Waals surface area contributed by atoms with Crippen molar-refractivity contribution < 1.29 is 0 Å². The Bertz CT molecular complexity index is 3800. The van der Waals surface area contributed by atoms with Crippen molar-refractivity contribution in [2.75, 3.05) is 9.80 Å². The number of rotatable bonds is 5. The number of anilines is 6. The highest BCUT2D eigenvalue weighted by Crippen LogP contribution is 2.53. The van der Waals surface area contributed by atoms with E-state index >= 15 is 0 Å². The molecule has 348 valence electrons. The van der Waals surface area contributed by atoms with Crippen LogP contribution in [0.2, 0.25) is 0 Å². The fourth-order valence-corrected chi connectivity index (χ4v) is 12.5. The third kappa shape index (κ3) is 6.77. The number of fused-ring (bicyclic) bond motifs is 8. The molecule has 0 saturated heterocycles. The maximum absolute atomic E-state index is 2.61. The van der Waals surface area contributed by atoms with Crippen LogP contribution in [0.4, 0.5) is 34.1 Å². The monoisotopic (exact) mass is 926 g/mol. The van der Waals surface area contributed by atoms with Crippen LogP contribution in [0.25, 0.3) is 55.3 Å². The lowest BCUT2D eigenvalue weighted by Crippen LogP contribution is -2.61. The summed E-state index contributed by atoms with van der Waals surface area (Å²) in [4.78, 5) is 5.21. The summed E-state index contributed by atoms with van der Waals surface area (Å²) in [6, 6.07) is 80.4. The third-order valence-corrected chi connectivity index (χ3v) is 16.2. The van der Waals surface area contributed by atoms with Crippen LogP contribution < -0.4 is 26.2 Å². The molecule has 3 aliphatic rings. The Hall–Kier alpha value is -7.88. The highest BCUT2D eigenvalue weighted by Gasteiger charge is 2.45. The molecule has 3 heteroatoms. The zero-order valence-corrected chi connectivity index (χ0v) is 42.7. The van der Waals surface area contributed by atoms with Gasteiger partial charge in [0.1, 0.15) is 0 Å². The Morgan fingerprint density at radius 3 is 1.65 bits per heavy atom. The second-order valence-electron chi connectivity index (χ2n) is 22.9. The molecule has 0 aromatic heterocycles. The van der Waals surface area contributed by atoms with E-state index in [2.05, 4.69) is 278 Å². The Balaban J connectivity index is 1.08. The largest absolute Gasteiger partial charge is 0.311 e. The zero-order valence-electron chi connectivity index (χ0n) is 42.7. The maximum Gasteiger partial charge on any atom is 0.252 e. The van der Waals surface area contributed by atoms with Crippen LogP contribution in [-0.4, -0.2) is 6.71 Å². The van der Waals surface area contributed by atoms with E-state index in [0.29, 0.717) is 0 Å². The Morgan fingerprint density at radius 2 is 0.931 bits per heavy atom. The lowest BCUT2D eigenvalue weighted by molar-refractivity contribution is 0.590. The van der Waals surface area contributed by atoms with E-state index in [0.717, 1.165) is 5.69 Å². The molecule has 0 N–H and O–H groups in total. The van der Waals surface area contributed by atoms with Gasteiger partial charge in [0.15, 0.2) is 0 Å². The molecule has 0 amide bonds. The lowest BCUT2D eigenvalue weighted by Gasteiger charge is -2.45. The molecule has 0 fully saturated rings. The van der Waals surface area contributed by atoms with Gasteiger partial charge in [-0.05, 0) is 142 Å². The van der Waals surface area contributed by atoms with Crippen molar-refractivity contribution in [1.29, 1.82) is 0 Å². The molecule has 1 aliphatic carbocycles. The lowest BCUT2D eigenvalue weighted by atomic mass is 9.33. The van der Waals surface area contributed by atoms with E-state index < -0.39 is 0 Å². The SMILES string of the molecule is CC(C)(C)c1ccc2c(c1)N(c1ccc(-c3cccc4c3C(C)(C)c3ccccc3-4)cc1)c1cc(C(C)(C)C)cc3c1B2c1cc(-c2ccccc2)ccc1N3c1ccc(-c2ccccc2)c2ccccc12. The fraction of sp³-hybridized carbons (Fsp3) is 0.159. The van der Waals surface area contributed by atoms with Crippen molar-refractivity contribution in [3.05, 3.63) is 235 Å². The van der Waals surface area contributed by atoms with Gasteiger partial charge in [0.25, 0.3) is 6.71 Å².